The molecule has 3 heteroatoms. The third kappa shape index (κ3) is 3.01. The average Bonchev–Trinajstić information content (AvgIpc) is 2.18. The minimum absolute atomic E-state index is 0.0736. The van der Waals surface area contributed by atoms with Crippen LogP contribution in [0.3, 0.4) is 0 Å². The first-order valence-corrected chi connectivity index (χ1v) is 4.44. The van der Waals surface area contributed by atoms with Crippen molar-refractivity contribution in [2.24, 2.45) is 5.92 Å². The summed E-state index contributed by atoms with van der Waals surface area (Å²) in [5.41, 5.74) is 0.946. The highest BCUT2D eigenvalue weighted by atomic mass is 16.4. The molecular weight excluding hydrogens is 180 g/mol. The van der Waals surface area contributed by atoms with E-state index in [0.29, 0.717) is 12.7 Å². The van der Waals surface area contributed by atoms with Crippen LogP contribution < -0.4 is 0 Å². The lowest BCUT2D eigenvalue weighted by Gasteiger charge is -2.08. The average molecular weight is 192 g/mol. The third-order valence-corrected chi connectivity index (χ3v) is 2.05. The zero-order valence-electron chi connectivity index (χ0n) is 7.72. The molecule has 1 atom stereocenters. The summed E-state index contributed by atoms with van der Waals surface area (Å²) in [7, 11) is 0. The van der Waals surface area contributed by atoms with Crippen molar-refractivity contribution in [3.05, 3.63) is 35.9 Å². The van der Waals surface area contributed by atoms with Crippen LogP contribution in [0, 0.1) is 5.92 Å². The molecule has 0 saturated heterocycles. The van der Waals surface area contributed by atoms with E-state index in [2.05, 4.69) is 0 Å². The van der Waals surface area contributed by atoms with Crippen LogP contribution in [0.25, 0.3) is 0 Å². The van der Waals surface area contributed by atoms with E-state index in [4.69, 9.17) is 5.11 Å². The molecule has 1 rings (SSSR count). The van der Waals surface area contributed by atoms with Crippen molar-refractivity contribution in [2.45, 2.75) is 12.8 Å². The van der Waals surface area contributed by atoms with Gasteiger partial charge in [0.15, 0.2) is 0 Å². The molecule has 0 bridgehead atoms. The van der Waals surface area contributed by atoms with Gasteiger partial charge in [0, 0.05) is 6.42 Å². The van der Waals surface area contributed by atoms with Gasteiger partial charge in [-0.15, -0.1) is 0 Å². The van der Waals surface area contributed by atoms with E-state index in [-0.39, 0.29) is 6.42 Å². The minimum Gasteiger partial charge on any atom is -0.481 e. The Kier molecular flexibility index (Phi) is 3.85. The van der Waals surface area contributed by atoms with E-state index in [0.717, 1.165) is 5.56 Å². The molecule has 1 N–H and O–H groups in total. The summed E-state index contributed by atoms with van der Waals surface area (Å²) in [5.74, 6) is -1.52. The summed E-state index contributed by atoms with van der Waals surface area (Å²) in [6.45, 7) is 0. The van der Waals surface area contributed by atoms with E-state index >= 15 is 0 Å². The molecule has 14 heavy (non-hydrogen) atoms. The molecule has 0 aliphatic carbocycles. The van der Waals surface area contributed by atoms with Gasteiger partial charge >= 0.3 is 5.97 Å². The monoisotopic (exact) mass is 192 g/mol. The molecule has 0 aromatic heterocycles. The van der Waals surface area contributed by atoms with Gasteiger partial charge in [0.2, 0.25) is 0 Å². The smallest absolute Gasteiger partial charge is 0.307 e. The van der Waals surface area contributed by atoms with Gasteiger partial charge in [0.1, 0.15) is 6.29 Å². The van der Waals surface area contributed by atoms with Crippen LogP contribution in [-0.2, 0) is 16.0 Å². The van der Waals surface area contributed by atoms with Crippen molar-refractivity contribution in [3.63, 3.8) is 0 Å². The number of benzene rings is 1. The van der Waals surface area contributed by atoms with Crippen molar-refractivity contribution in [3.8, 4) is 0 Å². The first kappa shape index (κ1) is 10.4. The fourth-order valence-electron chi connectivity index (χ4n) is 1.29. The number of hydrogen-bond acceptors (Lipinski definition) is 2. The van der Waals surface area contributed by atoms with Gasteiger partial charge in [-0.05, 0) is 12.0 Å². The second-order valence-corrected chi connectivity index (χ2v) is 3.13. The topological polar surface area (TPSA) is 54.4 Å². The minimum atomic E-state index is -0.916. The van der Waals surface area contributed by atoms with Gasteiger partial charge < -0.3 is 9.90 Å². The van der Waals surface area contributed by atoms with Gasteiger partial charge in [0.25, 0.3) is 0 Å². The molecule has 0 amide bonds. The SMILES string of the molecule is O=CCC(Cc1ccccc1)C(=O)O. The maximum absolute atomic E-state index is 10.7. The number of carboxylic acids is 1. The number of aldehydes is 1. The number of carbonyl (C=O) groups is 2. The van der Waals surface area contributed by atoms with Crippen LogP contribution in [0.4, 0.5) is 0 Å². The lowest BCUT2D eigenvalue weighted by atomic mass is 9.97. The zero-order chi connectivity index (χ0) is 10.4. The predicted octanol–water partition coefficient (Wildman–Crippen LogP) is 1.52. The maximum atomic E-state index is 10.7. The number of hydrogen-bond donors (Lipinski definition) is 1. The number of carbonyl (C=O) groups excluding carboxylic acids is 1. The van der Waals surface area contributed by atoms with E-state index in [1.54, 1.807) is 0 Å². The molecule has 0 aliphatic rings. The van der Waals surface area contributed by atoms with Gasteiger partial charge in [-0.25, -0.2) is 0 Å². The predicted molar refractivity (Wildman–Crippen MR) is 52.0 cm³/mol. The summed E-state index contributed by atoms with van der Waals surface area (Å²) in [6, 6.07) is 9.31. The molecule has 0 heterocycles. The highest BCUT2D eigenvalue weighted by Crippen LogP contribution is 2.11. The number of carboxylic acid groups (broad SMARTS) is 1. The Morgan fingerprint density at radius 1 is 1.36 bits per heavy atom. The normalized spacial score (nSPS) is 12.0. The van der Waals surface area contributed by atoms with Gasteiger partial charge in [-0.2, -0.15) is 0 Å². The second kappa shape index (κ2) is 5.17. The largest absolute Gasteiger partial charge is 0.481 e. The van der Waals surface area contributed by atoms with Crippen LogP contribution in [0.2, 0.25) is 0 Å². The fraction of sp³-hybridized carbons (Fsp3) is 0.273. The first-order valence-electron chi connectivity index (χ1n) is 4.44. The Labute approximate surface area is 82.4 Å². The molecule has 74 valence electrons. The summed E-state index contributed by atoms with van der Waals surface area (Å²) < 4.78 is 0. The highest BCUT2D eigenvalue weighted by Gasteiger charge is 2.16. The lowest BCUT2D eigenvalue weighted by molar-refractivity contribution is -0.142. The molecule has 1 aromatic rings. The summed E-state index contributed by atoms with van der Waals surface area (Å²) in [4.78, 5) is 21.0. The van der Waals surface area contributed by atoms with Gasteiger partial charge in [-0.3, -0.25) is 4.79 Å². The summed E-state index contributed by atoms with van der Waals surface area (Å²) >= 11 is 0. The summed E-state index contributed by atoms with van der Waals surface area (Å²) in [6.07, 6.45) is 1.14. The molecule has 0 spiro atoms. The second-order valence-electron chi connectivity index (χ2n) is 3.13. The molecule has 0 radical (unpaired) electrons. The molecule has 3 nitrogen and oxygen atoms in total. The van der Waals surface area contributed by atoms with Crippen molar-refractivity contribution >= 4 is 12.3 Å². The van der Waals surface area contributed by atoms with E-state index in [1.165, 1.54) is 0 Å². The van der Waals surface area contributed by atoms with Crippen molar-refractivity contribution < 1.29 is 14.7 Å². The maximum Gasteiger partial charge on any atom is 0.307 e. The Hall–Kier alpha value is -1.64. The van der Waals surface area contributed by atoms with Crippen molar-refractivity contribution in [1.29, 1.82) is 0 Å². The van der Waals surface area contributed by atoms with Crippen LogP contribution in [0.15, 0.2) is 30.3 Å². The van der Waals surface area contributed by atoms with Crippen LogP contribution in [0.5, 0.6) is 0 Å². The zero-order valence-corrected chi connectivity index (χ0v) is 7.72. The van der Waals surface area contributed by atoms with Gasteiger partial charge in [0.05, 0.1) is 5.92 Å². The standard InChI is InChI=1S/C11H12O3/c12-7-6-10(11(13)14)8-9-4-2-1-3-5-9/h1-5,7,10H,6,8H2,(H,13,14). The van der Waals surface area contributed by atoms with E-state index < -0.39 is 11.9 Å². The Morgan fingerprint density at radius 2 is 2.00 bits per heavy atom. The number of aliphatic carboxylic acids is 1. The quantitative estimate of drug-likeness (QED) is 0.719. The highest BCUT2D eigenvalue weighted by molar-refractivity contribution is 5.73. The van der Waals surface area contributed by atoms with E-state index in [1.807, 2.05) is 30.3 Å². The lowest BCUT2D eigenvalue weighted by Crippen LogP contribution is -2.16. The van der Waals surface area contributed by atoms with Crippen LogP contribution >= 0.6 is 0 Å². The van der Waals surface area contributed by atoms with E-state index in [9.17, 15) is 9.59 Å². The molecular formula is C11H12O3. The Bertz CT molecular complexity index is 306. The Morgan fingerprint density at radius 3 is 2.50 bits per heavy atom. The van der Waals surface area contributed by atoms with Gasteiger partial charge in [-0.1, -0.05) is 30.3 Å². The summed E-state index contributed by atoms with van der Waals surface area (Å²) in [5, 5.41) is 8.81. The molecule has 0 saturated carbocycles. The molecule has 0 fully saturated rings. The van der Waals surface area contributed by atoms with Crippen LogP contribution in [0.1, 0.15) is 12.0 Å². The third-order valence-electron chi connectivity index (χ3n) is 2.05. The Balaban J connectivity index is 2.64. The molecule has 1 unspecified atom stereocenters. The molecule has 1 aromatic carbocycles. The van der Waals surface area contributed by atoms with Crippen LogP contribution in [-0.4, -0.2) is 17.4 Å². The number of rotatable bonds is 5. The molecule has 0 aliphatic heterocycles. The first-order chi connectivity index (χ1) is 6.74. The van der Waals surface area contributed by atoms with Crippen molar-refractivity contribution in [2.75, 3.05) is 0 Å². The van der Waals surface area contributed by atoms with Crippen molar-refractivity contribution in [1.82, 2.24) is 0 Å². The fourth-order valence-corrected chi connectivity index (χ4v) is 1.29.